The average Bonchev–Trinajstić information content (AvgIpc) is 3.53. The Labute approximate surface area is 200 Å². The number of benzene rings is 1. The molecule has 1 saturated heterocycles. The van der Waals surface area contributed by atoms with Crippen LogP contribution in [0.4, 0.5) is 5.69 Å². The highest BCUT2D eigenvalue weighted by Gasteiger charge is 2.35. The summed E-state index contributed by atoms with van der Waals surface area (Å²) in [6.45, 7) is 4.78. The summed E-state index contributed by atoms with van der Waals surface area (Å²) in [5.74, 6) is 0.738. The number of amides is 2. The number of thioether (sulfide) groups is 1. The van der Waals surface area contributed by atoms with Crippen molar-refractivity contribution in [2.24, 2.45) is 0 Å². The largest absolute Gasteiger partial charge is 0.379 e. The van der Waals surface area contributed by atoms with Crippen LogP contribution in [0.25, 0.3) is 10.2 Å². The summed E-state index contributed by atoms with van der Waals surface area (Å²) in [4.78, 5) is 32.8. The Kier molecular flexibility index (Phi) is 7.19. The Morgan fingerprint density at radius 2 is 2.19 bits per heavy atom. The van der Waals surface area contributed by atoms with Crippen LogP contribution in [0.5, 0.6) is 0 Å². The smallest absolute Gasteiger partial charge is 0.264 e. The first-order valence-corrected chi connectivity index (χ1v) is 13.3. The van der Waals surface area contributed by atoms with E-state index in [1.54, 1.807) is 35.1 Å². The highest BCUT2D eigenvalue weighted by molar-refractivity contribution is 8.01. The lowest BCUT2D eigenvalue weighted by Crippen LogP contribution is -2.42. The Morgan fingerprint density at radius 1 is 1.34 bits per heavy atom. The van der Waals surface area contributed by atoms with E-state index in [-0.39, 0.29) is 17.4 Å². The molecule has 3 heterocycles. The Hall–Kier alpha value is -1.94. The second kappa shape index (κ2) is 9.91. The number of fused-ring (bicyclic) bond motifs is 1. The van der Waals surface area contributed by atoms with Gasteiger partial charge in [-0.3, -0.25) is 9.59 Å². The molecule has 32 heavy (non-hydrogen) atoms. The van der Waals surface area contributed by atoms with Gasteiger partial charge in [-0.25, -0.2) is 4.98 Å². The van der Waals surface area contributed by atoms with Gasteiger partial charge in [-0.2, -0.15) is 0 Å². The number of thiophene rings is 1. The monoisotopic (exact) mass is 489 g/mol. The molecular weight excluding hydrogens is 462 g/mol. The third kappa shape index (κ3) is 5.33. The zero-order valence-corrected chi connectivity index (χ0v) is 20.9. The van der Waals surface area contributed by atoms with Crippen LogP contribution in [0.2, 0.25) is 0 Å². The number of aromatic nitrogens is 1. The van der Waals surface area contributed by atoms with E-state index in [1.807, 2.05) is 35.7 Å². The summed E-state index contributed by atoms with van der Waals surface area (Å²) in [6, 6.07) is 9.02. The van der Waals surface area contributed by atoms with E-state index in [4.69, 9.17) is 9.72 Å². The number of nitrogens with one attached hydrogen (secondary N) is 1. The van der Waals surface area contributed by atoms with Gasteiger partial charge >= 0.3 is 0 Å². The normalized spacial score (nSPS) is 16.6. The van der Waals surface area contributed by atoms with Crippen molar-refractivity contribution in [3.8, 4) is 0 Å². The zero-order valence-electron chi connectivity index (χ0n) is 18.4. The van der Waals surface area contributed by atoms with E-state index in [9.17, 15) is 9.59 Å². The number of carbonyl (C=O) groups excluding carboxylic acids is 2. The van der Waals surface area contributed by atoms with Gasteiger partial charge in [-0.15, -0.1) is 22.7 Å². The topological polar surface area (TPSA) is 71.5 Å². The number of carbonyl (C=O) groups is 2. The summed E-state index contributed by atoms with van der Waals surface area (Å²) in [7, 11) is 1.74. The van der Waals surface area contributed by atoms with Crippen molar-refractivity contribution in [3.63, 3.8) is 0 Å². The van der Waals surface area contributed by atoms with E-state index in [0.29, 0.717) is 17.8 Å². The van der Waals surface area contributed by atoms with Crippen LogP contribution in [-0.2, 0) is 9.53 Å². The second-order valence-corrected chi connectivity index (χ2v) is 11.7. The number of rotatable bonds is 8. The number of methoxy groups -OCH3 is 1. The highest BCUT2D eigenvalue weighted by atomic mass is 32.2. The average molecular weight is 490 g/mol. The van der Waals surface area contributed by atoms with Crippen molar-refractivity contribution in [2.45, 2.75) is 49.1 Å². The van der Waals surface area contributed by atoms with Crippen LogP contribution in [0.15, 0.2) is 40.1 Å². The number of hydrogen-bond donors (Lipinski definition) is 1. The predicted molar refractivity (Wildman–Crippen MR) is 133 cm³/mol. The number of hydrogen-bond acceptors (Lipinski definition) is 7. The number of likely N-dealkylation sites (tertiary alicyclic amines) is 1. The molecule has 1 atom stereocenters. The quantitative estimate of drug-likeness (QED) is 0.423. The summed E-state index contributed by atoms with van der Waals surface area (Å²) in [5.41, 5.74) is 1.52. The molecule has 2 amide bonds. The molecule has 1 fully saturated rings. The van der Waals surface area contributed by atoms with Crippen LogP contribution >= 0.6 is 34.4 Å². The number of nitrogens with zero attached hydrogens (tertiary/aromatic N) is 2. The fourth-order valence-corrected chi connectivity index (χ4v) is 6.68. The van der Waals surface area contributed by atoms with Gasteiger partial charge in [0, 0.05) is 25.1 Å². The van der Waals surface area contributed by atoms with E-state index in [2.05, 4.69) is 19.2 Å². The zero-order chi connectivity index (χ0) is 22.7. The predicted octanol–water partition coefficient (Wildman–Crippen LogP) is 5.51. The molecule has 1 aliphatic heterocycles. The molecule has 1 aromatic carbocycles. The van der Waals surface area contributed by atoms with Crippen LogP contribution in [0.1, 0.15) is 42.8 Å². The molecule has 0 saturated carbocycles. The molecule has 3 aromatic rings. The van der Waals surface area contributed by atoms with Gasteiger partial charge in [-0.1, -0.05) is 17.8 Å². The maximum Gasteiger partial charge on any atom is 0.264 e. The van der Waals surface area contributed by atoms with E-state index in [0.717, 1.165) is 38.8 Å². The summed E-state index contributed by atoms with van der Waals surface area (Å²) >= 11 is 4.77. The minimum Gasteiger partial charge on any atom is -0.379 e. The number of thiazole rings is 1. The standard InChI is InChI=1S/C23H27N3O3S3/c1-23(2,29-3)10-13-31-22-25-16-9-8-15(14-19(16)32-22)24-20(27)17-6-4-11-26(17)21(28)18-7-5-12-30-18/h5,7-9,12,14,17H,4,6,10-11,13H2,1-3H3,(H,24,27). The van der Waals surface area contributed by atoms with Crippen LogP contribution in [-0.4, -0.2) is 52.7 Å². The minimum atomic E-state index is -0.433. The van der Waals surface area contributed by atoms with Crippen molar-refractivity contribution in [1.82, 2.24) is 9.88 Å². The Bertz CT molecular complexity index is 1090. The first-order valence-electron chi connectivity index (χ1n) is 10.6. The van der Waals surface area contributed by atoms with Gasteiger partial charge < -0.3 is 15.0 Å². The minimum absolute atomic E-state index is 0.0612. The van der Waals surface area contributed by atoms with Crippen LogP contribution in [0, 0.1) is 0 Å². The maximum atomic E-state index is 13.0. The van der Waals surface area contributed by atoms with Gasteiger partial charge in [0.05, 0.1) is 20.7 Å². The van der Waals surface area contributed by atoms with E-state index >= 15 is 0 Å². The molecule has 1 aliphatic rings. The lowest BCUT2D eigenvalue weighted by Gasteiger charge is -2.23. The first-order chi connectivity index (χ1) is 15.4. The maximum absolute atomic E-state index is 13.0. The summed E-state index contributed by atoms with van der Waals surface area (Å²) < 4.78 is 7.53. The molecule has 4 rings (SSSR count). The lowest BCUT2D eigenvalue weighted by atomic mass is 10.1. The molecule has 0 aliphatic carbocycles. The van der Waals surface area contributed by atoms with Gasteiger partial charge in [0.25, 0.3) is 5.91 Å². The summed E-state index contributed by atoms with van der Waals surface area (Å²) in [6.07, 6.45) is 2.46. The molecular formula is C23H27N3O3S3. The van der Waals surface area contributed by atoms with E-state index < -0.39 is 6.04 Å². The lowest BCUT2D eigenvalue weighted by molar-refractivity contribution is -0.119. The fourth-order valence-electron chi connectivity index (χ4n) is 3.58. The van der Waals surface area contributed by atoms with Gasteiger partial charge in [0.15, 0.2) is 4.34 Å². The fraction of sp³-hybridized carbons (Fsp3) is 0.435. The molecule has 6 nitrogen and oxygen atoms in total. The van der Waals surface area contributed by atoms with Crippen molar-refractivity contribution in [3.05, 3.63) is 40.6 Å². The number of ether oxygens (including phenoxy) is 1. The van der Waals surface area contributed by atoms with Gasteiger partial charge in [0.2, 0.25) is 5.91 Å². The van der Waals surface area contributed by atoms with Gasteiger partial charge in [0.1, 0.15) is 6.04 Å². The SMILES string of the molecule is COC(C)(C)CCSc1nc2ccc(NC(=O)C3CCCN3C(=O)c3cccs3)cc2s1. The second-order valence-electron chi connectivity index (χ2n) is 8.35. The molecule has 0 radical (unpaired) electrons. The molecule has 9 heteroatoms. The highest BCUT2D eigenvalue weighted by Crippen LogP contribution is 2.33. The van der Waals surface area contributed by atoms with Crippen molar-refractivity contribution in [2.75, 3.05) is 24.7 Å². The number of anilines is 1. The van der Waals surface area contributed by atoms with Crippen molar-refractivity contribution in [1.29, 1.82) is 0 Å². The Balaban J connectivity index is 1.40. The molecule has 0 spiro atoms. The third-order valence-electron chi connectivity index (χ3n) is 5.67. The Morgan fingerprint density at radius 3 is 2.94 bits per heavy atom. The van der Waals surface area contributed by atoms with Crippen LogP contribution < -0.4 is 5.32 Å². The van der Waals surface area contributed by atoms with Crippen molar-refractivity contribution < 1.29 is 14.3 Å². The summed E-state index contributed by atoms with van der Waals surface area (Å²) in [5, 5.41) is 4.89. The molecule has 170 valence electrons. The van der Waals surface area contributed by atoms with Gasteiger partial charge in [-0.05, 0) is 62.8 Å². The third-order valence-corrected chi connectivity index (χ3v) is 8.69. The van der Waals surface area contributed by atoms with E-state index in [1.165, 1.54) is 11.3 Å². The van der Waals surface area contributed by atoms with Crippen molar-refractivity contribution >= 4 is 62.2 Å². The molecule has 0 bridgehead atoms. The molecule has 1 N–H and O–H groups in total. The molecule has 1 unspecified atom stereocenters. The van der Waals surface area contributed by atoms with Crippen LogP contribution in [0.3, 0.4) is 0 Å². The first kappa shape index (κ1) is 23.2. The molecule has 2 aromatic heterocycles.